The van der Waals surface area contributed by atoms with Gasteiger partial charge in [0.25, 0.3) is 0 Å². The third-order valence-electron chi connectivity index (χ3n) is 15.4. The van der Waals surface area contributed by atoms with E-state index in [9.17, 15) is 25.2 Å². The van der Waals surface area contributed by atoms with Gasteiger partial charge in [-0.3, -0.25) is 4.79 Å². The van der Waals surface area contributed by atoms with E-state index in [1.165, 1.54) is 0 Å². The summed E-state index contributed by atoms with van der Waals surface area (Å²) < 4.78 is 20.1. The first kappa shape index (κ1) is 35.5. The Kier molecular flexibility index (Phi) is 8.91. The lowest BCUT2D eigenvalue weighted by atomic mass is 9.42. The van der Waals surface area contributed by atoms with E-state index in [2.05, 4.69) is 49.7 Å². The van der Waals surface area contributed by atoms with Crippen molar-refractivity contribution in [2.45, 2.75) is 120 Å². The van der Waals surface area contributed by atoms with Gasteiger partial charge in [0.15, 0.2) is 5.78 Å². The van der Waals surface area contributed by atoms with Gasteiger partial charge in [-0.05, 0) is 91.7 Å². The molecule has 8 bridgehead atoms. The molecule has 10 rings (SSSR count). The highest BCUT2D eigenvalue weighted by atomic mass is 16.5. The molecule has 1 aromatic carbocycles. The molecule has 1 aromatic rings. The molecule has 1 saturated heterocycles. The fourth-order valence-corrected chi connectivity index (χ4v) is 12.4. The van der Waals surface area contributed by atoms with Crippen molar-refractivity contribution in [3.63, 3.8) is 0 Å². The van der Waals surface area contributed by atoms with Crippen molar-refractivity contribution in [3.05, 3.63) is 47.5 Å². The summed E-state index contributed by atoms with van der Waals surface area (Å²) in [4.78, 5) is 14.4. The number of hydrogen-bond donors (Lipinski definition) is 4. The second kappa shape index (κ2) is 12.8. The molecule has 8 heteroatoms. The molecular weight excluding hydrogens is 644 g/mol. The maximum atomic E-state index is 14.4. The summed E-state index contributed by atoms with van der Waals surface area (Å²) in [6, 6.07) is 10.2. The van der Waals surface area contributed by atoms with Gasteiger partial charge in [-0.25, -0.2) is 0 Å². The van der Waals surface area contributed by atoms with Gasteiger partial charge in [-0.15, -0.1) is 5.92 Å². The van der Waals surface area contributed by atoms with Crippen LogP contribution in [0, 0.1) is 70.0 Å². The van der Waals surface area contributed by atoms with Crippen LogP contribution in [-0.4, -0.2) is 87.8 Å². The van der Waals surface area contributed by atoms with E-state index >= 15 is 0 Å². The number of ketones is 1. The quantitative estimate of drug-likeness (QED) is 0.339. The van der Waals surface area contributed by atoms with Crippen LogP contribution in [0.5, 0.6) is 0 Å². The topological polar surface area (TPSA) is 126 Å². The Morgan fingerprint density at radius 2 is 1.75 bits per heavy atom. The van der Waals surface area contributed by atoms with Crippen LogP contribution in [0.2, 0.25) is 0 Å². The lowest BCUT2D eigenvalue weighted by Gasteiger charge is -2.64. The van der Waals surface area contributed by atoms with E-state index in [1.54, 1.807) is 6.92 Å². The molecule has 1 spiro atoms. The summed E-state index contributed by atoms with van der Waals surface area (Å²) >= 11 is 0. The van der Waals surface area contributed by atoms with Crippen molar-refractivity contribution in [2.24, 2.45) is 46.3 Å². The summed E-state index contributed by atoms with van der Waals surface area (Å²) in [6.45, 7) is 8.39. The van der Waals surface area contributed by atoms with Crippen molar-refractivity contribution in [3.8, 4) is 23.7 Å². The minimum Gasteiger partial charge on any atom is -0.396 e. The standard InChI is InChI=1S/C43H54O8/c1-25-30(23-44)38-39(47)42(4,48)36-16-18-43-32-22-35(46)33-21-29(49-24-27(12-9-19-50-43)26-10-6-5-7-11-26)15-17-40(33,2)31(32)20-28(41(36,43)3)13-8-14-34(45)37(25)51-38/h5-7,10-11,22,25,27-31,33-34,36-39,44-45,47-48H,13,15-21,23-24H2,1-4H3/t25-,27-,28-,29+,30-,31+,33+,34-,36+,37+,38+,39-,40-,41-,42+,43-/m1/s1. The molecule has 9 aliphatic rings. The Morgan fingerprint density at radius 1 is 0.961 bits per heavy atom. The summed E-state index contributed by atoms with van der Waals surface area (Å²) in [7, 11) is 0. The molecule has 5 heterocycles. The average Bonchev–Trinajstić information content (AvgIpc) is 3.62. The fourth-order valence-electron chi connectivity index (χ4n) is 12.4. The maximum Gasteiger partial charge on any atom is 0.159 e. The molecule has 274 valence electrons. The Balaban J connectivity index is 1.29. The normalized spacial score (nSPS) is 50.4. The van der Waals surface area contributed by atoms with Crippen molar-refractivity contribution in [1.29, 1.82) is 0 Å². The summed E-state index contributed by atoms with van der Waals surface area (Å²) in [6.07, 6.45) is 2.53. The molecule has 0 aromatic heterocycles. The van der Waals surface area contributed by atoms with E-state index in [4.69, 9.17) is 14.2 Å². The SMILES string of the molecule is C[C@@H]1[C@@H](CO)[C@@H]2O[C@@H]1[C@H](O)C#CC[C@@H]1C[C@H]3C4=CC(=O)[C@@H]5C[C@H](CC[C@@]53C)OC[C@H](c3ccccc3)C#CCO[C@]43CC[C@H]([C@](C)(O)[C@@H]2O)[C@@]13C. The zero-order valence-corrected chi connectivity index (χ0v) is 30.4. The first-order valence-electron chi connectivity index (χ1n) is 19.2. The first-order valence-corrected chi connectivity index (χ1v) is 19.2. The Morgan fingerprint density at radius 3 is 2.51 bits per heavy atom. The number of ether oxygens (including phenoxy) is 3. The van der Waals surface area contributed by atoms with E-state index in [0.717, 1.165) is 30.4 Å². The number of benzene rings is 1. The van der Waals surface area contributed by atoms with Gasteiger partial charge < -0.3 is 34.6 Å². The minimum atomic E-state index is -1.65. The fraction of sp³-hybridized carbons (Fsp3) is 0.698. The van der Waals surface area contributed by atoms with Crippen LogP contribution in [0.1, 0.15) is 84.1 Å². The van der Waals surface area contributed by atoms with E-state index in [-0.39, 0.29) is 60.1 Å². The van der Waals surface area contributed by atoms with E-state index in [1.807, 2.05) is 31.2 Å². The Bertz CT molecular complexity index is 1680. The Labute approximate surface area is 302 Å². The molecule has 4 aliphatic carbocycles. The van der Waals surface area contributed by atoms with Crippen molar-refractivity contribution < 1.29 is 39.4 Å². The molecule has 3 saturated carbocycles. The van der Waals surface area contributed by atoms with Crippen LogP contribution >= 0.6 is 0 Å². The average molecular weight is 699 g/mol. The first-order chi connectivity index (χ1) is 24.4. The predicted octanol–water partition coefficient (Wildman–Crippen LogP) is 4.19. The summed E-state index contributed by atoms with van der Waals surface area (Å²) in [5, 5.41) is 46.6. The molecule has 4 fully saturated rings. The van der Waals surface area contributed by atoms with Crippen LogP contribution in [-0.2, 0) is 19.0 Å². The van der Waals surface area contributed by atoms with Gasteiger partial charge in [-0.1, -0.05) is 68.9 Å². The second-order valence-corrected chi connectivity index (χ2v) is 17.5. The molecule has 0 unspecified atom stereocenters. The monoisotopic (exact) mass is 698 g/mol. The number of hydrogen-bond acceptors (Lipinski definition) is 8. The number of aliphatic hydroxyl groups excluding tert-OH is 3. The van der Waals surface area contributed by atoms with Crippen molar-refractivity contribution in [1.82, 2.24) is 0 Å². The number of aliphatic hydroxyl groups is 4. The minimum absolute atomic E-state index is 0.0270. The van der Waals surface area contributed by atoms with Gasteiger partial charge in [-0.2, -0.15) is 0 Å². The molecular formula is C43H54O8. The molecule has 0 amide bonds. The predicted molar refractivity (Wildman–Crippen MR) is 190 cm³/mol. The number of allylic oxidation sites excluding steroid dienone is 1. The molecule has 5 aliphatic heterocycles. The van der Waals surface area contributed by atoms with E-state index in [0.29, 0.717) is 32.3 Å². The summed E-state index contributed by atoms with van der Waals surface area (Å²) in [5.41, 5.74) is -1.57. The number of carbonyl (C=O) groups excluding carboxylic acids is 1. The van der Waals surface area contributed by atoms with Crippen LogP contribution in [0.15, 0.2) is 42.0 Å². The number of rotatable bonds is 2. The highest BCUT2D eigenvalue weighted by Crippen LogP contribution is 2.72. The highest BCUT2D eigenvalue weighted by Gasteiger charge is 2.73. The molecule has 8 nitrogen and oxygen atoms in total. The zero-order valence-electron chi connectivity index (χ0n) is 30.4. The maximum absolute atomic E-state index is 14.4. The number of fused-ring (bicyclic) bond motifs is 4. The molecule has 0 radical (unpaired) electrons. The molecule has 4 N–H and O–H groups in total. The van der Waals surface area contributed by atoms with Gasteiger partial charge in [0, 0.05) is 30.3 Å². The van der Waals surface area contributed by atoms with Crippen LogP contribution in [0.4, 0.5) is 0 Å². The van der Waals surface area contributed by atoms with Crippen molar-refractivity contribution >= 4 is 5.78 Å². The van der Waals surface area contributed by atoms with Gasteiger partial charge >= 0.3 is 0 Å². The lowest BCUT2D eigenvalue weighted by Crippen LogP contribution is -2.66. The highest BCUT2D eigenvalue weighted by molar-refractivity contribution is 5.95. The Hall–Kier alpha value is -2.53. The van der Waals surface area contributed by atoms with Crippen LogP contribution in [0.25, 0.3) is 0 Å². The number of carbonyl (C=O) groups is 1. The third-order valence-corrected chi connectivity index (χ3v) is 15.4. The van der Waals surface area contributed by atoms with Crippen LogP contribution in [0.3, 0.4) is 0 Å². The molecule has 16 atom stereocenters. The zero-order chi connectivity index (χ0) is 35.9. The van der Waals surface area contributed by atoms with E-state index < -0.39 is 52.9 Å². The third kappa shape index (κ3) is 5.19. The van der Waals surface area contributed by atoms with Gasteiger partial charge in [0.2, 0.25) is 0 Å². The largest absolute Gasteiger partial charge is 0.396 e. The summed E-state index contributed by atoms with van der Waals surface area (Å²) in [5.74, 6) is 11.8. The van der Waals surface area contributed by atoms with Crippen molar-refractivity contribution in [2.75, 3.05) is 19.8 Å². The molecule has 51 heavy (non-hydrogen) atoms. The van der Waals surface area contributed by atoms with Crippen LogP contribution < -0.4 is 0 Å². The lowest BCUT2D eigenvalue weighted by molar-refractivity contribution is -0.220. The second-order valence-electron chi connectivity index (χ2n) is 17.5. The van der Waals surface area contributed by atoms with Gasteiger partial charge in [0.05, 0.1) is 42.0 Å². The van der Waals surface area contributed by atoms with Gasteiger partial charge in [0.1, 0.15) is 18.8 Å². The smallest absolute Gasteiger partial charge is 0.159 e.